The molecule has 0 unspecified atom stereocenters. The van der Waals surface area contributed by atoms with Gasteiger partial charge in [0.25, 0.3) is 0 Å². The fourth-order valence-corrected chi connectivity index (χ4v) is 1.08. The van der Waals surface area contributed by atoms with E-state index in [0.717, 1.165) is 0 Å². The van der Waals surface area contributed by atoms with Crippen LogP contribution in [0.15, 0.2) is 0 Å². The Kier molecular flexibility index (Phi) is 9.30. The lowest BCUT2D eigenvalue weighted by Gasteiger charge is -2.04. The molecule has 0 spiro atoms. The second-order valence-corrected chi connectivity index (χ2v) is 3.38. The number of carbonyl (C=O) groups is 2. The number of thiol groups is 1. The zero-order valence-corrected chi connectivity index (χ0v) is 9.46. The van der Waals surface area contributed by atoms with E-state index in [4.69, 9.17) is 9.84 Å². The molecule has 0 bridgehead atoms. The Morgan fingerprint density at radius 2 is 2.00 bits per heavy atom. The second kappa shape index (κ2) is 9.79. The van der Waals surface area contributed by atoms with E-state index in [1.807, 2.05) is 0 Å². The molecule has 88 valence electrons. The van der Waals surface area contributed by atoms with Gasteiger partial charge in [0, 0.05) is 26.0 Å². The van der Waals surface area contributed by atoms with Crippen molar-refractivity contribution in [1.29, 1.82) is 0 Å². The van der Waals surface area contributed by atoms with E-state index in [1.54, 1.807) is 0 Å². The first-order valence-electron chi connectivity index (χ1n) is 4.84. The molecule has 0 aliphatic rings. The predicted octanol–water partition coefficient (Wildman–Crippen LogP) is 0.304. The van der Waals surface area contributed by atoms with Gasteiger partial charge in [-0.05, 0) is 12.2 Å². The molecule has 0 saturated heterocycles. The number of hydrogen-bond acceptors (Lipinski definition) is 4. The van der Waals surface area contributed by atoms with Crippen LogP contribution in [0.1, 0.15) is 19.3 Å². The van der Waals surface area contributed by atoms with Crippen LogP contribution in [0, 0.1) is 0 Å². The maximum absolute atomic E-state index is 10.9. The van der Waals surface area contributed by atoms with Crippen molar-refractivity contribution >= 4 is 24.5 Å². The van der Waals surface area contributed by atoms with Crippen molar-refractivity contribution in [3.8, 4) is 0 Å². The zero-order chi connectivity index (χ0) is 11.5. The molecule has 0 aromatic carbocycles. The van der Waals surface area contributed by atoms with Crippen LogP contribution >= 0.6 is 12.6 Å². The first-order chi connectivity index (χ1) is 7.16. The Balaban J connectivity index is 3.11. The first kappa shape index (κ1) is 14.2. The molecule has 6 heteroatoms. The van der Waals surface area contributed by atoms with Crippen LogP contribution in [-0.4, -0.2) is 42.5 Å². The highest BCUT2D eigenvalue weighted by Crippen LogP contribution is 1.89. The van der Waals surface area contributed by atoms with Crippen molar-refractivity contribution in [3.63, 3.8) is 0 Å². The summed E-state index contributed by atoms with van der Waals surface area (Å²) >= 11 is 3.92. The van der Waals surface area contributed by atoms with Crippen LogP contribution < -0.4 is 5.32 Å². The number of hydrogen-bond donors (Lipinski definition) is 3. The standard InChI is InChI=1S/C9H17NO4S/c11-8(3-7-15)10-4-6-14-5-1-2-9(12)13/h15H,1-7H2,(H,10,11)(H,12,13). The molecule has 0 fully saturated rings. The van der Waals surface area contributed by atoms with Gasteiger partial charge >= 0.3 is 5.97 Å². The van der Waals surface area contributed by atoms with E-state index in [2.05, 4.69) is 17.9 Å². The molecular formula is C9H17NO4S. The third-order valence-electron chi connectivity index (χ3n) is 1.59. The van der Waals surface area contributed by atoms with Gasteiger partial charge in [-0.25, -0.2) is 0 Å². The summed E-state index contributed by atoms with van der Waals surface area (Å²) in [6.45, 7) is 1.28. The Morgan fingerprint density at radius 3 is 2.60 bits per heavy atom. The maximum atomic E-state index is 10.9. The molecule has 0 atom stereocenters. The lowest BCUT2D eigenvalue weighted by atomic mass is 10.3. The topological polar surface area (TPSA) is 75.6 Å². The van der Waals surface area contributed by atoms with Gasteiger partial charge in [-0.2, -0.15) is 12.6 Å². The van der Waals surface area contributed by atoms with Crippen LogP contribution in [0.5, 0.6) is 0 Å². The van der Waals surface area contributed by atoms with Gasteiger partial charge in [-0.15, -0.1) is 0 Å². The smallest absolute Gasteiger partial charge is 0.303 e. The van der Waals surface area contributed by atoms with E-state index >= 15 is 0 Å². The van der Waals surface area contributed by atoms with Crippen LogP contribution in [0.4, 0.5) is 0 Å². The van der Waals surface area contributed by atoms with E-state index in [-0.39, 0.29) is 12.3 Å². The highest BCUT2D eigenvalue weighted by atomic mass is 32.1. The molecule has 0 aromatic heterocycles. The third kappa shape index (κ3) is 11.2. The molecule has 0 aliphatic carbocycles. The minimum atomic E-state index is -0.819. The average molecular weight is 235 g/mol. The molecule has 0 heterocycles. The molecule has 0 radical (unpaired) electrons. The molecular weight excluding hydrogens is 218 g/mol. The predicted molar refractivity (Wildman–Crippen MR) is 59.2 cm³/mol. The summed E-state index contributed by atoms with van der Waals surface area (Å²) in [4.78, 5) is 21.1. The van der Waals surface area contributed by atoms with Gasteiger partial charge in [0.05, 0.1) is 6.61 Å². The summed E-state index contributed by atoms with van der Waals surface area (Å²) < 4.78 is 5.12. The Hall–Kier alpha value is -0.750. The Bertz CT molecular complexity index is 199. The minimum Gasteiger partial charge on any atom is -0.481 e. The molecule has 1 amide bonds. The number of carboxylic acid groups (broad SMARTS) is 1. The lowest BCUT2D eigenvalue weighted by Crippen LogP contribution is -2.27. The largest absolute Gasteiger partial charge is 0.481 e. The monoisotopic (exact) mass is 235 g/mol. The van der Waals surface area contributed by atoms with Crippen molar-refractivity contribution in [2.24, 2.45) is 0 Å². The summed E-state index contributed by atoms with van der Waals surface area (Å²) in [7, 11) is 0. The maximum Gasteiger partial charge on any atom is 0.303 e. The molecule has 2 N–H and O–H groups in total. The van der Waals surface area contributed by atoms with Crippen molar-refractivity contribution in [3.05, 3.63) is 0 Å². The van der Waals surface area contributed by atoms with Crippen LogP contribution in [0.2, 0.25) is 0 Å². The normalized spacial score (nSPS) is 9.93. The Labute approximate surface area is 94.6 Å². The van der Waals surface area contributed by atoms with Crippen molar-refractivity contribution in [1.82, 2.24) is 5.32 Å². The van der Waals surface area contributed by atoms with Crippen molar-refractivity contribution in [2.45, 2.75) is 19.3 Å². The summed E-state index contributed by atoms with van der Waals surface area (Å²) in [6.07, 6.45) is 1.02. The zero-order valence-electron chi connectivity index (χ0n) is 8.57. The van der Waals surface area contributed by atoms with Gasteiger partial charge in [-0.3, -0.25) is 9.59 Å². The molecule has 0 aromatic rings. The lowest BCUT2D eigenvalue weighted by molar-refractivity contribution is -0.137. The first-order valence-corrected chi connectivity index (χ1v) is 5.47. The third-order valence-corrected chi connectivity index (χ3v) is 1.81. The molecule has 15 heavy (non-hydrogen) atoms. The average Bonchev–Trinajstić information content (AvgIpc) is 2.16. The van der Waals surface area contributed by atoms with Crippen molar-refractivity contribution < 1.29 is 19.4 Å². The number of carboxylic acids is 1. The number of carbonyl (C=O) groups excluding carboxylic acids is 1. The van der Waals surface area contributed by atoms with E-state index in [9.17, 15) is 9.59 Å². The van der Waals surface area contributed by atoms with E-state index in [1.165, 1.54) is 0 Å². The number of ether oxygens (including phenoxy) is 1. The molecule has 5 nitrogen and oxygen atoms in total. The highest BCUT2D eigenvalue weighted by molar-refractivity contribution is 7.80. The van der Waals surface area contributed by atoms with Gasteiger partial charge in [0.1, 0.15) is 0 Å². The minimum absolute atomic E-state index is 0.0425. The summed E-state index contributed by atoms with van der Waals surface area (Å²) in [5, 5.41) is 11.0. The fourth-order valence-electron chi connectivity index (χ4n) is 0.880. The quantitative estimate of drug-likeness (QED) is 0.397. The van der Waals surface area contributed by atoms with Gasteiger partial charge in [-0.1, -0.05) is 0 Å². The van der Waals surface area contributed by atoms with Crippen LogP contribution in [0.25, 0.3) is 0 Å². The fraction of sp³-hybridized carbons (Fsp3) is 0.778. The summed E-state index contributed by atoms with van der Waals surface area (Å²) in [5.41, 5.74) is 0. The Morgan fingerprint density at radius 1 is 1.27 bits per heavy atom. The van der Waals surface area contributed by atoms with Gasteiger partial charge in [0.2, 0.25) is 5.91 Å². The molecule has 0 aliphatic heterocycles. The van der Waals surface area contributed by atoms with E-state index < -0.39 is 5.97 Å². The molecule has 0 rings (SSSR count). The van der Waals surface area contributed by atoms with E-state index in [0.29, 0.717) is 38.4 Å². The second-order valence-electron chi connectivity index (χ2n) is 2.93. The number of rotatable bonds is 9. The van der Waals surface area contributed by atoms with Crippen LogP contribution in [0.3, 0.4) is 0 Å². The van der Waals surface area contributed by atoms with Crippen LogP contribution in [-0.2, 0) is 14.3 Å². The number of nitrogens with one attached hydrogen (secondary N) is 1. The number of amides is 1. The molecule has 0 saturated carbocycles. The summed E-state index contributed by atoms with van der Waals surface area (Å²) in [6, 6.07) is 0. The number of aliphatic carboxylic acids is 1. The van der Waals surface area contributed by atoms with Gasteiger partial charge in [0.15, 0.2) is 0 Å². The highest BCUT2D eigenvalue weighted by Gasteiger charge is 1.98. The van der Waals surface area contributed by atoms with Crippen molar-refractivity contribution in [2.75, 3.05) is 25.5 Å². The summed E-state index contributed by atoms with van der Waals surface area (Å²) in [5.74, 6) is -0.328. The van der Waals surface area contributed by atoms with Gasteiger partial charge < -0.3 is 15.2 Å². The SMILES string of the molecule is O=C(O)CCCOCCNC(=O)CCS.